The first-order chi connectivity index (χ1) is 21.2. The molecule has 8 aromatic rings. The molecule has 0 saturated carbocycles. The van der Waals surface area contributed by atoms with Crippen LogP contribution in [0.2, 0.25) is 0 Å². The summed E-state index contributed by atoms with van der Waals surface area (Å²) in [4.78, 5) is 0. The van der Waals surface area contributed by atoms with E-state index in [1.54, 1.807) is 0 Å². The summed E-state index contributed by atoms with van der Waals surface area (Å²) < 4.78 is 2.58. The van der Waals surface area contributed by atoms with Crippen molar-refractivity contribution in [3.8, 4) is 33.4 Å². The summed E-state index contributed by atoms with van der Waals surface area (Å²) in [5.74, 6) is 0. The van der Waals surface area contributed by atoms with E-state index in [1.165, 1.54) is 48.3 Å². The largest absolute Gasteiger partial charge is 0.309 e. The monoisotopic (exact) mass is 565 g/mol. The molecule has 2 heteroatoms. The fourth-order valence-electron chi connectivity index (χ4n) is 6.53. The highest BCUT2D eigenvalue weighted by Gasteiger charge is 2.16. The van der Waals surface area contributed by atoms with E-state index in [-0.39, 0.29) is 0 Å². The van der Waals surface area contributed by atoms with Crippen molar-refractivity contribution in [3.05, 3.63) is 144 Å². The molecule has 0 spiro atoms. The third-order valence-electron chi connectivity index (χ3n) is 8.51. The SMILES string of the molecule is C=c1c(-c2cccc(-c3ccc4ccccc4c3)c2)c2ccccc2c(-c2ccc3sc4ccccc4c3c2)/c1=C/C=N. The molecule has 1 N–H and O–H groups in total. The number of rotatable bonds is 4. The Kier molecular flexibility index (Phi) is 6.03. The van der Waals surface area contributed by atoms with Crippen LogP contribution in [0.25, 0.3) is 87.8 Å². The molecule has 7 aromatic carbocycles. The van der Waals surface area contributed by atoms with Gasteiger partial charge in [-0.25, -0.2) is 0 Å². The summed E-state index contributed by atoms with van der Waals surface area (Å²) in [6, 6.07) is 47.9. The van der Waals surface area contributed by atoms with Gasteiger partial charge in [0.2, 0.25) is 0 Å². The van der Waals surface area contributed by atoms with Crippen molar-refractivity contribution < 1.29 is 0 Å². The van der Waals surface area contributed by atoms with Crippen LogP contribution in [0.15, 0.2) is 133 Å². The molecule has 0 bridgehead atoms. The molecule has 202 valence electrons. The van der Waals surface area contributed by atoms with Crippen LogP contribution in [0.5, 0.6) is 0 Å². The second-order valence-electron chi connectivity index (χ2n) is 11.0. The lowest BCUT2D eigenvalue weighted by Crippen LogP contribution is -2.28. The van der Waals surface area contributed by atoms with Crippen LogP contribution in [-0.2, 0) is 0 Å². The minimum atomic E-state index is 0.933. The Morgan fingerprint density at radius 3 is 1.95 bits per heavy atom. The first kappa shape index (κ1) is 25.4. The van der Waals surface area contributed by atoms with Gasteiger partial charge in [0.05, 0.1) is 0 Å². The molecule has 0 amide bonds. The molecule has 43 heavy (non-hydrogen) atoms. The van der Waals surface area contributed by atoms with Crippen LogP contribution in [0, 0.1) is 5.41 Å². The number of thiophene rings is 1. The molecule has 0 saturated heterocycles. The van der Waals surface area contributed by atoms with E-state index in [9.17, 15) is 0 Å². The molecule has 1 aromatic heterocycles. The average molecular weight is 566 g/mol. The lowest BCUT2D eigenvalue weighted by molar-refractivity contribution is 1.53. The van der Waals surface area contributed by atoms with E-state index in [4.69, 9.17) is 5.41 Å². The Bertz CT molecular complexity index is 2500. The van der Waals surface area contributed by atoms with Gasteiger partial charge in [-0.3, -0.25) is 0 Å². The smallest absolute Gasteiger partial charge is 0.0355 e. The van der Waals surface area contributed by atoms with E-state index in [1.807, 2.05) is 17.4 Å². The summed E-state index contributed by atoms with van der Waals surface area (Å²) in [7, 11) is 0. The van der Waals surface area contributed by atoms with Gasteiger partial charge in [0.1, 0.15) is 0 Å². The van der Waals surface area contributed by atoms with Crippen LogP contribution in [0.1, 0.15) is 0 Å². The van der Waals surface area contributed by atoms with E-state index in [2.05, 4.69) is 140 Å². The highest BCUT2D eigenvalue weighted by atomic mass is 32.1. The molecule has 0 fully saturated rings. The van der Waals surface area contributed by atoms with Crippen LogP contribution in [0.4, 0.5) is 0 Å². The molecule has 0 aliphatic heterocycles. The van der Waals surface area contributed by atoms with Crippen LogP contribution in [0.3, 0.4) is 0 Å². The topological polar surface area (TPSA) is 23.9 Å². The van der Waals surface area contributed by atoms with E-state index in [0.717, 1.165) is 43.5 Å². The van der Waals surface area contributed by atoms with Crippen molar-refractivity contribution in [2.75, 3.05) is 0 Å². The van der Waals surface area contributed by atoms with Gasteiger partial charge in [0.25, 0.3) is 0 Å². The predicted octanol–water partition coefficient (Wildman–Crippen LogP) is 10.2. The van der Waals surface area contributed by atoms with E-state index < -0.39 is 0 Å². The Morgan fingerprint density at radius 1 is 0.488 bits per heavy atom. The third kappa shape index (κ3) is 4.19. The lowest BCUT2D eigenvalue weighted by atomic mass is 9.87. The Labute approximate surface area is 253 Å². The Balaban J connectivity index is 1.38. The lowest BCUT2D eigenvalue weighted by Gasteiger charge is -2.16. The van der Waals surface area contributed by atoms with Gasteiger partial charge in [-0.15, -0.1) is 11.3 Å². The van der Waals surface area contributed by atoms with Crippen LogP contribution in [-0.4, -0.2) is 6.21 Å². The number of hydrogen-bond donors (Lipinski definition) is 1. The first-order valence-electron chi connectivity index (χ1n) is 14.5. The summed E-state index contributed by atoms with van der Waals surface area (Å²) in [5.41, 5.74) is 6.85. The van der Waals surface area contributed by atoms with Gasteiger partial charge >= 0.3 is 0 Å². The molecule has 0 atom stereocenters. The predicted molar refractivity (Wildman–Crippen MR) is 189 cm³/mol. The molecule has 0 radical (unpaired) electrons. The maximum Gasteiger partial charge on any atom is 0.0355 e. The molecule has 8 rings (SSSR count). The molecular formula is C41H27NS. The normalized spacial score (nSPS) is 12.0. The Hall–Kier alpha value is -5.31. The standard InChI is InChI=1S/C41H27NS/c1-26-33(21-22-42)41(32-19-20-39-37(25-32)34-13-6-7-16-38(34)43-39)36-15-5-4-14-35(36)40(26)31-12-8-11-29(24-31)30-18-17-27-9-2-3-10-28(27)23-30/h2-25,42H,1H2/b33-21+,42-22?. The summed E-state index contributed by atoms with van der Waals surface area (Å²) in [6.45, 7) is 4.66. The van der Waals surface area contributed by atoms with Gasteiger partial charge < -0.3 is 5.41 Å². The van der Waals surface area contributed by atoms with Crippen molar-refractivity contribution in [1.82, 2.24) is 0 Å². The van der Waals surface area contributed by atoms with Gasteiger partial charge in [0.15, 0.2) is 0 Å². The molecule has 0 aliphatic carbocycles. The van der Waals surface area contributed by atoms with Crippen molar-refractivity contribution >= 4 is 71.9 Å². The Morgan fingerprint density at radius 2 is 1.12 bits per heavy atom. The molecule has 0 unspecified atom stereocenters. The second kappa shape index (κ2) is 10.2. The average Bonchev–Trinajstić information content (AvgIpc) is 3.43. The number of fused-ring (bicyclic) bond motifs is 5. The van der Waals surface area contributed by atoms with Crippen molar-refractivity contribution in [2.45, 2.75) is 0 Å². The van der Waals surface area contributed by atoms with Crippen LogP contribution < -0.4 is 10.4 Å². The van der Waals surface area contributed by atoms with Gasteiger partial charge in [-0.05, 0) is 102 Å². The molecule has 0 aliphatic rings. The third-order valence-corrected chi connectivity index (χ3v) is 9.66. The summed E-state index contributed by atoms with van der Waals surface area (Å²) in [6.07, 6.45) is 3.28. The fourth-order valence-corrected chi connectivity index (χ4v) is 7.61. The first-order valence-corrected chi connectivity index (χ1v) is 15.3. The summed E-state index contributed by atoms with van der Waals surface area (Å²) >= 11 is 1.83. The van der Waals surface area contributed by atoms with Gasteiger partial charge in [-0.1, -0.05) is 110 Å². The van der Waals surface area contributed by atoms with Crippen molar-refractivity contribution in [3.63, 3.8) is 0 Å². The zero-order valence-corrected chi connectivity index (χ0v) is 24.3. The van der Waals surface area contributed by atoms with Crippen LogP contribution >= 0.6 is 11.3 Å². The molecule has 1 nitrogen and oxygen atoms in total. The van der Waals surface area contributed by atoms with Gasteiger partial charge in [-0.2, -0.15) is 0 Å². The number of benzene rings is 7. The quantitative estimate of drug-likeness (QED) is 0.205. The summed E-state index contributed by atoms with van der Waals surface area (Å²) in [5, 5.41) is 17.4. The highest BCUT2D eigenvalue weighted by Crippen LogP contribution is 2.38. The minimum Gasteiger partial charge on any atom is -0.309 e. The highest BCUT2D eigenvalue weighted by molar-refractivity contribution is 7.25. The maximum absolute atomic E-state index is 8.10. The van der Waals surface area contributed by atoms with E-state index in [0.29, 0.717) is 0 Å². The van der Waals surface area contributed by atoms with Crippen molar-refractivity contribution in [1.29, 1.82) is 5.41 Å². The maximum atomic E-state index is 8.10. The minimum absolute atomic E-state index is 0.933. The second-order valence-corrected chi connectivity index (χ2v) is 12.1. The van der Waals surface area contributed by atoms with E-state index >= 15 is 0 Å². The number of nitrogens with one attached hydrogen (secondary N) is 1. The molecule has 1 heterocycles. The van der Waals surface area contributed by atoms with Crippen molar-refractivity contribution in [2.24, 2.45) is 0 Å². The zero-order chi connectivity index (χ0) is 28.9. The number of hydrogen-bond acceptors (Lipinski definition) is 2. The van der Waals surface area contributed by atoms with Gasteiger partial charge in [0, 0.05) is 26.4 Å². The fraction of sp³-hybridized carbons (Fsp3) is 0. The zero-order valence-electron chi connectivity index (χ0n) is 23.5. The molecular weight excluding hydrogens is 539 g/mol.